The average molecular weight is 300 g/mol. The van der Waals surface area contributed by atoms with Crippen LogP contribution in [0.15, 0.2) is 11.6 Å². The molecule has 0 bridgehead atoms. The standard InChI is InChI=1S/C15H28N2O2S/c1-12-5-4-6-13(2)15(12)11-16-14-7-9-17(10-8-14)20(3,18)19/h5,13-16H,4,6-11H2,1-3H3/t13-,15-/m1/s1. The van der Waals surface area contributed by atoms with Crippen molar-refractivity contribution in [3.05, 3.63) is 11.6 Å². The quantitative estimate of drug-likeness (QED) is 0.808. The van der Waals surface area contributed by atoms with Crippen LogP contribution >= 0.6 is 0 Å². The summed E-state index contributed by atoms with van der Waals surface area (Å²) in [5.74, 6) is 1.40. The van der Waals surface area contributed by atoms with Crippen LogP contribution in [-0.2, 0) is 10.0 Å². The third-order valence-electron chi connectivity index (χ3n) is 4.91. The van der Waals surface area contributed by atoms with E-state index in [1.807, 2.05) is 0 Å². The molecule has 1 saturated heterocycles. The van der Waals surface area contributed by atoms with E-state index in [-0.39, 0.29) is 0 Å². The smallest absolute Gasteiger partial charge is 0.211 e. The molecule has 1 N–H and O–H groups in total. The van der Waals surface area contributed by atoms with Crippen molar-refractivity contribution in [2.45, 2.75) is 45.6 Å². The van der Waals surface area contributed by atoms with Crippen molar-refractivity contribution in [2.24, 2.45) is 11.8 Å². The predicted molar refractivity (Wildman–Crippen MR) is 83.1 cm³/mol. The fraction of sp³-hybridized carbons (Fsp3) is 0.867. The molecule has 0 aromatic carbocycles. The summed E-state index contributed by atoms with van der Waals surface area (Å²) in [5.41, 5.74) is 1.52. The van der Waals surface area contributed by atoms with Crippen LogP contribution in [-0.4, -0.2) is 44.7 Å². The molecule has 4 nitrogen and oxygen atoms in total. The Hall–Kier alpha value is -0.390. The van der Waals surface area contributed by atoms with Gasteiger partial charge in [0, 0.05) is 25.7 Å². The number of rotatable bonds is 4. The van der Waals surface area contributed by atoms with E-state index in [0.29, 0.717) is 25.0 Å². The van der Waals surface area contributed by atoms with Crippen LogP contribution in [0.3, 0.4) is 0 Å². The van der Waals surface area contributed by atoms with Crippen LogP contribution in [0.4, 0.5) is 0 Å². The van der Waals surface area contributed by atoms with Gasteiger partial charge in [0.05, 0.1) is 6.26 Å². The first-order valence-corrected chi connectivity index (χ1v) is 9.58. The van der Waals surface area contributed by atoms with Gasteiger partial charge in [-0.25, -0.2) is 12.7 Å². The summed E-state index contributed by atoms with van der Waals surface area (Å²) < 4.78 is 24.6. The Balaban J connectivity index is 1.79. The molecule has 2 aliphatic rings. The molecule has 2 rings (SSSR count). The molecular weight excluding hydrogens is 272 g/mol. The molecule has 0 aromatic rings. The molecule has 0 unspecified atom stereocenters. The van der Waals surface area contributed by atoms with E-state index in [9.17, 15) is 8.42 Å². The molecule has 0 spiro atoms. The molecule has 1 fully saturated rings. The monoisotopic (exact) mass is 300 g/mol. The fourth-order valence-corrected chi connectivity index (χ4v) is 4.30. The topological polar surface area (TPSA) is 49.4 Å². The van der Waals surface area contributed by atoms with Crippen LogP contribution < -0.4 is 5.32 Å². The van der Waals surface area contributed by atoms with Gasteiger partial charge in [0.25, 0.3) is 0 Å². The van der Waals surface area contributed by atoms with Gasteiger partial charge in [-0.3, -0.25) is 0 Å². The van der Waals surface area contributed by atoms with Crippen molar-refractivity contribution in [3.63, 3.8) is 0 Å². The molecule has 0 radical (unpaired) electrons. The summed E-state index contributed by atoms with van der Waals surface area (Å²) in [6, 6.07) is 0.468. The minimum Gasteiger partial charge on any atom is -0.313 e. The summed E-state index contributed by atoms with van der Waals surface area (Å²) >= 11 is 0. The highest BCUT2D eigenvalue weighted by atomic mass is 32.2. The lowest BCUT2D eigenvalue weighted by molar-refractivity contribution is 0.268. The lowest BCUT2D eigenvalue weighted by atomic mass is 9.80. The second-order valence-electron chi connectivity index (χ2n) is 6.45. The van der Waals surface area contributed by atoms with Crippen LogP contribution in [0.5, 0.6) is 0 Å². The molecule has 0 saturated carbocycles. The summed E-state index contributed by atoms with van der Waals surface area (Å²) in [5, 5.41) is 3.66. The van der Waals surface area contributed by atoms with E-state index >= 15 is 0 Å². The summed E-state index contributed by atoms with van der Waals surface area (Å²) in [4.78, 5) is 0. The molecule has 116 valence electrons. The second-order valence-corrected chi connectivity index (χ2v) is 8.44. The van der Waals surface area contributed by atoms with E-state index in [1.165, 1.54) is 24.7 Å². The van der Waals surface area contributed by atoms with Crippen LogP contribution in [0.1, 0.15) is 39.5 Å². The van der Waals surface area contributed by atoms with E-state index in [1.54, 1.807) is 4.31 Å². The maximum Gasteiger partial charge on any atom is 0.211 e. The van der Waals surface area contributed by atoms with Crippen molar-refractivity contribution in [2.75, 3.05) is 25.9 Å². The van der Waals surface area contributed by atoms with Crippen molar-refractivity contribution >= 4 is 10.0 Å². The third-order valence-corrected chi connectivity index (χ3v) is 6.21. The number of hydrogen-bond donors (Lipinski definition) is 1. The molecule has 1 aliphatic heterocycles. The van der Waals surface area contributed by atoms with Gasteiger partial charge in [-0.1, -0.05) is 18.6 Å². The molecule has 5 heteroatoms. The Labute approximate surface area is 123 Å². The molecule has 2 atom stereocenters. The van der Waals surface area contributed by atoms with Gasteiger partial charge in [0.2, 0.25) is 10.0 Å². The van der Waals surface area contributed by atoms with Gasteiger partial charge >= 0.3 is 0 Å². The predicted octanol–water partition coefficient (Wildman–Crippen LogP) is 1.99. The number of nitrogens with zero attached hydrogens (tertiary/aromatic N) is 1. The van der Waals surface area contributed by atoms with Crippen molar-refractivity contribution < 1.29 is 8.42 Å². The number of sulfonamides is 1. The Morgan fingerprint density at radius 3 is 2.50 bits per heavy atom. The van der Waals surface area contributed by atoms with Gasteiger partial charge in [-0.2, -0.15) is 0 Å². The first-order chi connectivity index (χ1) is 9.38. The van der Waals surface area contributed by atoms with Gasteiger partial charge in [-0.05, 0) is 44.4 Å². The zero-order valence-electron chi connectivity index (χ0n) is 12.9. The van der Waals surface area contributed by atoms with Gasteiger partial charge in [0.1, 0.15) is 0 Å². The molecular formula is C15H28N2O2S. The van der Waals surface area contributed by atoms with Crippen LogP contribution in [0, 0.1) is 11.8 Å². The maximum absolute atomic E-state index is 11.5. The van der Waals surface area contributed by atoms with E-state index < -0.39 is 10.0 Å². The zero-order chi connectivity index (χ0) is 14.8. The van der Waals surface area contributed by atoms with E-state index in [2.05, 4.69) is 25.2 Å². The van der Waals surface area contributed by atoms with E-state index in [4.69, 9.17) is 0 Å². The van der Waals surface area contributed by atoms with Crippen LogP contribution in [0.2, 0.25) is 0 Å². The zero-order valence-corrected chi connectivity index (χ0v) is 13.7. The molecule has 20 heavy (non-hydrogen) atoms. The summed E-state index contributed by atoms with van der Waals surface area (Å²) in [6.45, 7) is 6.94. The SMILES string of the molecule is CC1=CCC[C@@H](C)[C@@H]1CNC1CCN(S(C)(=O)=O)CC1. The highest BCUT2D eigenvalue weighted by Crippen LogP contribution is 2.29. The Kier molecular flexibility index (Phi) is 5.26. The van der Waals surface area contributed by atoms with Crippen molar-refractivity contribution in [1.29, 1.82) is 0 Å². The van der Waals surface area contributed by atoms with Crippen LogP contribution in [0.25, 0.3) is 0 Å². The first-order valence-electron chi connectivity index (χ1n) is 7.73. The fourth-order valence-electron chi connectivity index (χ4n) is 3.42. The second kappa shape index (κ2) is 6.58. The number of piperidine rings is 1. The third kappa shape index (κ3) is 4.06. The number of hydrogen-bond acceptors (Lipinski definition) is 3. The number of nitrogens with one attached hydrogen (secondary N) is 1. The minimum absolute atomic E-state index is 0.468. The average Bonchev–Trinajstić information content (AvgIpc) is 2.37. The molecule has 0 amide bonds. The largest absolute Gasteiger partial charge is 0.313 e. The molecule has 1 aliphatic carbocycles. The Morgan fingerprint density at radius 2 is 1.95 bits per heavy atom. The number of allylic oxidation sites excluding steroid dienone is 1. The Morgan fingerprint density at radius 1 is 1.30 bits per heavy atom. The van der Waals surface area contributed by atoms with Crippen molar-refractivity contribution in [1.82, 2.24) is 9.62 Å². The van der Waals surface area contributed by atoms with Crippen molar-refractivity contribution in [3.8, 4) is 0 Å². The summed E-state index contributed by atoms with van der Waals surface area (Å²) in [7, 11) is -3.01. The lowest BCUT2D eigenvalue weighted by Crippen LogP contribution is -2.46. The first kappa shape index (κ1) is 16.0. The normalized spacial score (nSPS) is 30.2. The Bertz CT molecular complexity index is 450. The van der Waals surface area contributed by atoms with Gasteiger partial charge in [0.15, 0.2) is 0 Å². The minimum atomic E-state index is -3.01. The summed E-state index contributed by atoms with van der Waals surface area (Å²) in [6.07, 6.45) is 8.04. The van der Waals surface area contributed by atoms with Gasteiger partial charge in [-0.15, -0.1) is 0 Å². The van der Waals surface area contributed by atoms with Gasteiger partial charge < -0.3 is 5.32 Å². The molecule has 1 heterocycles. The lowest BCUT2D eigenvalue weighted by Gasteiger charge is -2.34. The highest BCUT2D eigenvalue weighted by Gasteiger charge is 2.27. The maximum atomic E-state index is 11.5. The molecule has 0 aromatic heterocycles. The highest BCUT2D eigenvalue weighted by molar-refractivity contribution is 7.88. The van der Waals surface area contributed by atoms with E-state index in [0.717, 1.165) is 25.3 Å².